The van der Waals surface area contributed by atoms with Gasteiger partial charge in [-0.2, -0.15) is 5.48 Å². The molecule has 0 aliphatic heterocycles. The van der Waals surface area contributed by atoms with Gasteiger partial charge in [0.1, 0.15) is 0 Å². The van der Waals surface area contributed by atoms with Crippen LogP contribution in [0.1, 0.15) is 6.92 Å². The van der Waals surface area contributed by atoms with Crippen molar-refractivity contribution >= 4 is 5.97 Å². The maximum atomic E-state index is 9.89. The molecule has 0 rings (SSSR count). The predicted molar refractivity (Wildman–Crippen MR) is 25.1 cm³/mol. The fourth-order valence-corrected chi connectivity index (χ4v) is 0.153. The topological polar surface area (TPSA) is 38.3 Å². The van der Waals surface area contributed by atoms with Crippen molar-refractivity contribution in [1.29, 1.82) is 0 Å². The third kappa shape index (κ3) is 5.43. The third-order valence-corrected chi connectivity index (χ3v) is 0.318. The lowest BCUT2D eigenvalue weighted by Gasteiger charge is -1.95. The molecule has 0 amide bonds. The second-order valence-electron chi connectivity index (χ2n) is 0.988. The van der Waals surface area contributed by atoms with E-state index in [4.69, 9.17) is 0 Å². The minimum absolute atomic E-state index is 0.344. The van der Waals surface area contributed by atoms with Crippen LogP contribution in [0.15, 0.2) is 0 Å². The molecule has 1 radical (unpaired) electrons. The van der Waals surface area contributed by atoms with Crippen LogP contribution in [0.25, 0.3) is 0 Å². The average Bonchev–Trinajstić information content (AvgIpc) is 1.61. The molecule has 0 spiro atoms. The van der Waals surface area contributed by atoms with Gasteiger partial charge in [-0.15, -0.1) is 0 Å². The molecule has 0 unspecified atom stereocenters. The van der Waals surface area contributed by atoms with Crippen molar-refractivity contribution in [1.82, 2.24) is 5.48 Å². The Morgan fingerprint density at radius 1 is 2.00 bits per heavy atom. The van der Waals surface area contributed by atoms with Gasteiger partial charge in [0, 0.05) is 13.5 Å². The Hall–Kier alpha value is -0.570. The van der Waals surface area contributed by atoms with Crippen molar-refractivity contribution in [2.24, 2.45) is 0 Å². The van der Waals surface area contributed by atoms with Crippen LogP contribution in [0, 0.1) is 6.92 Å². The molecule has 0 aromatic carbocycles. The van der Waals surface area contributed by atoms with Crippen LogP contribution in [0.4, 0.5) is 0 Å². The van der Waals surface area contributed by atoms with Crippen LogP contribution in [0.5, 0.6) is 0 Å². The highest BCUT2D eigenvalue weighted by atomic mass is 16.7. The van der Waals surface area contributed by atoms with Crippen molar-refractivity contribution in [3.05, 3.63) is 6.92 Å². The first-order valence-corrected chi connectivity index (χ1v) is 1.97. The second-order valence-corrected chi connectivity index (χ2v) is 0.988. The van der Waals surface area contributed by atoms with Crippen LogP contribution in [-0.2, 0) is 9.63 Å². The summed E-state index contributed by atoms with van der Waals surface area (Å²) in [5, 5.41) is 0. The van der Waals surface area contributed by atoms with Crippen molar-refractivity contribution in [2.75, 3.05) is 6.54 Å². The molecule has 1 N–H and O–H groups in total. The van der Waals surface area contributed by atoms with Crippen LogP contribution in [0.3, 0.4) is 0 Å². The van der Waals surface area contributed by atoms with Crippen LogP contribution in [0.2, 0.25) is 0 Å². The van der Waals surface area contributed by atoms with Crippen LogP contribution < -0.4 is 5.48 Å². The first-order chi connectivity index (χ1) is 3.27. The SMILES string of the molecule is [CH2]CNOC(C)=O. The standard InChI is InChI=1S/C4H8NO2/c1-3-5-7-4(2)6/h5H,1,3H2,2H3. The van der Waals surface area contributed by atoms with Gasteiger partial charge >= 0.3 is 5.97 Å². The first kappa shape index (κ1) is 6.43. The Labute approximate surface area is 42.6 Å². The van der Waals surface area contributed by atoms with Gasteiger partial charge in [-0.1, -0.05) is 0 Å². The lowest BCUT2D eigenvalue weighted by Crippen LogP contribution is -2.16. The van der Waals surface area contributed by atoms with E-state index in [2.05, 4.69) is 17.2 Å². The van der Waals surface area contributed by atoms with E-state index in [1.54, 1.807) is 0 Å². The zero-order chi connectivity index (χ0) is 5.70. The van der Waals surface area contributed by atoms with E-state index in [0.717, 1.165) is 0 Å². The molecule has 0 saturated carbocycles. The first-order valence-electron chi connectivity index (χ1n) is 1.97. The van der Waals surface area contributed by atoms with E-state index in [0.29, 0.717) is 6.54 Å². The highest BCUT2D eigenvalue weighted by Crippen LogP contribution is 1.64. The molecule has 0 bridgehead atoms. The van der Waals surface area contributed by atoms with E-state index in [1.807, 2.05) is 0 Å². The lowest BCUT2D eigenvalue weighted by molar-refractivity contribution is -0.147. The summed E-state index contributed by atoms with van der Waals surface area (Å²) in [6.45, 7) is 5.09. The summed E-state index contributed by atoms with van der Waals surface area (Å²) in [6, 6.07) is 0. The summed E-state index contributed by atoms with van der Waals surface area (Å²) in [4.78, 5) is 14.1. The summed E-state index contributed by atoms with van der Waals surface area (Å²) in [5.41, 5.74) is 2.29. The van der Waals surface area contributed by atoms with Crippen LogP contribution in [-0.4, -0.2) is 12.5 Å². The second kappa shape index (κ2) is 3.61. The summed E-state index contributed by atoms with van der Waals surface area (Å²) in [6.07, 6.45) is 0. The Morgan fingerprint density at radius 3 is 2.71 bits per heavy atom. The van der Waals surface area contributed by atoms with Crippen LogP contribution >= 0.6 is 0 Å². The molecule has 0 aliphatic rings. The van der Waals surface area contributed by atoms with Crippen molar-refractivity contribution in [3.63, 3.8) is 0 Å². The van der Waals surface area contributed by atoms with Gasteiger partial charge < -0.3 is 4.84 Å². The molecule has 7 heavy (non-hydrogen) atoms. The molecule has 0 aromatic heterocycles. The van der Waals surface area contributed by atoms with Gasteiger partial charge in [0.05, 0.1) is 0 Å². The van der Waals surface area contributed by atoms with Gasteiger partial charge in [0.2, 0.25) is 0 Å². The van der Waals surface area contributed by atoms with E-state index in [9.17, 15) is 4.79 Å². The number of hydrogen-bond acceptors (Lipinski definition) is 3. The highest BCUT2D eigenvalue weighted by molar-refractivity contribution is 5.65. The number of carbonyl (C=O) groups is 1. The zero-order valence-electron chi connectivity index (χ0n) is 4.23. The normalized spacial score (nSPS) is 8.29. The molecular formula is C4H8NO2. The highest BCUT2D eigenvalue weighted by Gasteiger charge is 1.84. The van der Waals surface area contributed by atoms with Gasteiger partial charge in [-0.25, -0.2) is 0 Å². The summed E-state index contributed by atoms with van der Waals surface area (Å²) < 4.78 is 0. The number of rotatable bonds is 2. The lowest BCUT2D eigenvalue weighted by atomic mass is 10.8. The molecule has 0 aromatic rings. The maximum absolute atomic E-state index is 9.89. The van der Waals surface area contributed by atoms with Crippen molar-refractivity contribution in [3.8, 4) is 0 Å². The zero-order valence-corrected chi connectivity index (χ0v) is 4.23. The molecule has 0 saturated heterocycles. The van der Waals surface area contributed by atoms with Gasteiger partial charge in [0.25, 0.3) is 0 Å². The molecule has 0 aliphatic carbocycles. The Bertz CT molecular complexity index is 62.7. The number of hydrogen-bond donors (Lipinski definition) is 1. The van der Waals surface area contributed by atoms with Gasteiger partial charge in [0.15, 0.2) is 0 Å². The van der Waals surface area contributed by atoms with Crippen molar-refractivity contribution < 1.29 is 9.63 Å². The minimum atomic E-state index is -0.344. The van der Waals surface area contributed by atoms with Gasteiger partial charge in [-0.3, -0.25) is 4.79 Å². The fraction of sp³-hybridized carbons (Fsp3) is 0.500. The maximum Gasteiger partial charge on any atom is 0.321 e. The average molecular weight is 102 g/mol. The molecular weight excluding hydrogens is 94.0 g/mol. The van der Waals surface area contributed by atoms with E-state index < -0.39 is 0 Å². The van der Waals surface area contributed by atoms with E-state index >= 15 is 0 Å². The molecule has 3 nitrogen and oxygen atoms in total. The number of hydroxylamine groups is 1. The third-order valence-electron chi connectivity index (χ3n) is 0.318. The predicted octanol–water partition coefficient (Wildman–Crippen LogP) is -0.112. The quantitative estimate of drug-likeness (QED) is 0.494. The fourth-order valence-electron chi connectivity index (χ4n) is 0.153. The molecule has 3 heteroatoms. The molecule has 0 atom stereocenters. The largest absolute Gasteiger partial charge is 0.371 e. The Morgan fingerprint density at radius 2 is 2.57 bits per heavy atom. The number of carbonyl (C=O) groups excluding carboxylic acids is 1. The van der Waals surface area contributed by atoms with E-state index in [1.165, 1.54) is 6.92 Å². The summed E-state index contributed by atoms with van der Waals surface area (Å²) >= 11 is 0. The van der Waals surface area contributed by atoms with Crippen molar-refractivity contribution in [2.45, 2.75) is 6.92 Å². The molecule has 41 valence electrons. The Kier molecular flexibility index (Phi) is 3.32. The molecule has 0 fully saturated rings. The van der Waals surface area contributed by atoms with Gasteiger partial charge in [-0.05, 0) is 6.92 Å². The summed E-state index contributed by atoms with van der Waals surface area (Å²) in [7, 11) is 0. The summed E-state index contributed by atoms with van der Waals surface area (Å²) in [5.74, 6) is -0.344. The minimum Gasteiger partial charge on any atom is -0.371 e. The number of nitrogens with one attached hydrogen (secondary N) is 1. The van der Waals surface area contributed by atoms with E-state index in [-0.39, 0.29) is 5.97 Å². The monoisotopic (exact) mass is 102 g/mol. The Balaban J connectivity index is 2.82. The molecule has 0 heterocycles. The smallest absolute Gasteiger partial charge is 0.321 e.